The lowest BCUT2D eigenvalue weighted by Crippen LogP contribution is -2.10. The second kappa shape index (κ2) is 7.49. The summed E-state index contributed by atoms with van der Waals surface area (Å²) in [6, 6.07) is 2.64. The minimum atomic E-state index is -0.631. The molecule has 0 aliphatic heterocycles. The average molecular weight is 282 g/mol. The fourth-order valence-electron chi connectivity index (χ4n) is 1.84. The third kappa shape index (κ3) is 3.71. The van der Waals surface area contributed by atoms with Gasteiger partial charge in [-0.1, -0.05) is 0 Å². The summed E-state index contributed by atoms with van der Waals surface area (Å²) < 4.78 is 14.2. The molecule has 1 N–H and O–H groups in total. The number of hydrogen-bond donors (Lipinski definition) is 1. The molecule has 0 bridgehead atoms. The Balaban J connectivity index is 3.20. The molecule has 0 aromatic heterocycles. The lowest BCUT2D eigenvalue weighted by Gasteiger charge is -2.12. The van der Waals surface area contributed by atoms with Crippen molar-refractivity contribution >= 4 is 11.9 Å². The van der Waals surface area contributed by atoms with Crippen molar-refractivity contribution < 1.29 is 28.9 Å². The van der Waals surface area contributed by atoms with Crippen molar-refractivity contribution in [2.45, 2.75) is 12.8 Å². The zero-order valence-corrected chi connectivity index (χ0v) is 11.8. The predicted molar refractivity (Wildman–Crippen MR) is 71.0 cm³/mol. The van der Waals surface area contributed by atoms with Gasteiger partial charge in [-0.15, -0.1) is 0 Å². The number of benzene rings is 1. The highest BCUT2D eigenvalue weighted by Crippen LogP contribution is 2.26. The van der Waals surface area contributed by atoms with E-state index >= 15 is 0 Å². The van der Waals surface area contributed by atoms with Crippen molar-refractivity contribution in [3.05, 3.63) is 28.8 Å². The van der Waals surface area contributed by atoms with Gasteiger partial charge < -0.3 is 19.3 Å². The van der Waals surface area contributed by atoms with Crippen LogP contribution in [-0.4, -0.2) is 45.0 Å². The fourth-order valence-corrected chi connectivity index (χ4v) is 1.84. The molecule has 110 valence electrons. The van der Waals surface area contributed by atoms with E-state index in [4.69, 9.17) is 4.74 Å². The smallest absolute Gasteiger partial charge is 0.338 e. The van der Waals surface area contributed by atoms with Crippen LogP contribution in [0.1, 0.15) is 32.7 Å². The van der Waals surface area contributed by atoms with Crippen LogP contribution in [0.4, 0.5) is 0 Å². The van der Waals surface area contributed by atoms with E-state index in [9.17, 15) is 14.7 Å². The van der Waals surface area contributed by atoms with E-state index in [-0.39, 0.29) is 16.9 Å². The Morgan fingerprint density at radius 3 is 2.30 bits per heavy atom. The predicted octanol–water partition coefficient (Wildman–Crippen LogP) is 1.54. The molecule has 1 rings (SSSR count). The van der Waals surface area contributed by atoms with Crippen LogP contribution in [0.3, 0.4) is 0 Å². The van der Waals surface area contributed by atoms with Gasteiger partial charge in [-0.05, 0) is 25.0 Å². The zero-order chi connectivity index (χ0) is 15.1. The normalized spacial score (nSPS) is 10.2. The summed E-state index contributed by atoms with van der Waals surface area (Å²) in [5, 5.41) is 10.0. The van der Waals surface area contributed by atoms with Gasteiger partial charge in [0, 0.05) is 19.3 Å². The third-order valence-electron chi connectivity index (χ3n) is 2.83. The van der Waals surface area contributed by atoms with Gasteiger partial charge >= 0.3 is 11.9 Å². The molecule has 0 radical (unpaired) electrons. The van der Waals surface area contributed by atoms with Crippen LogP contribution >= 0.6 is 0 Å². The van der Waals surface area contributed by atoms with Crippen LogP contribution in [0, 0.1) is 0 Å². The Kier molecular flexibility index (Phi) is 5.99. The van der Waals surface area contributed by atoms with Crippen LogP contribution in [0.5, 0.6) is 5.75 Å². The molecule has 0 aliphatic carbocycles. The van der Waals surface area contributed by atoms with Crippen molar-refractivity contribution in [1.29, 1.82) is 0 Å². The van der Waals surface area contributed by atoms with Crippen LogP contribution in [-0.2, 0) is 20.6 Å². The minimum Gasteiger partial charge on any atom is -0.508 e. The van der Waals surface area contributed by atoms with E-state index in [0.717, 1.165) is 0 Å². The first-order valence-corrected chi connectivity index (χ1v) is 6.06. The summed E-state index contributed by atoms with van der Waals surface area (Å²) in [5.74, 6) is -1.38. The van der Waals surface area contributed by atoms with Gasteiger partial charge in [0.1, 0.15) is 5.75 Å². The van der Waals surface area contributed by atoms with Crippen LogP contribution in [0.25, 0.3) is 0 Å². The Labute approximate surface area is 117 Å². The number of rotatable bonds is 6. The van der Waals surface area contributed by atoms with E-state index in [1.807, 2.05) is 0 Å². The first-order valence-electron chi connectivity index (χ1n) is 6.06. The largest absolute Gasteiger partial charge is 0.508 e. The molecule has 0 saturated carbocycles. The molecular formula is C14H18O6. The van der Waals surface area contributed by atoms with Crippen LogP contribution < -0.4 is 0 Å². The van der Waals surface area contributed by atoms with E-state index < -0.39 is 11.9 Å². The molecule has 1 aromatic rings. The summed E-state index contributed by atoms with van der Waals surface area (Å²) in [6.45, 7) is 0.499. The maximum atomic E-state index is 11.8. The summed E-state index contributed by atoms with van der Waals surface area (Å²) in [4.78, 5) is 23.3. The lowest BCUT2D eigenvalue weighted by atomic mass is 9.98. The Bertz CT molecular complexity index is 495. The van der Waals surface area contributed by atoms with E-state index in [2.05, 4.69) is 9.47 Å². The first-order chi connectivity index (χ1) is 9.54. The summed E-state index contributed by atoms with van der Waals surface area (Å²) in [5.41, 5.74) is 0.687. The summed E-state index contributed by atoms with van der Waals surface area (Å²) in [7, 11) is 4.04. The Hall–Kier alpha value is -2.08. The molecule has 6 nitrogen and oxygen atoms in total. The number of hydrogen-bond acceptors (Lipinski definition) is 6. The fraction of sp³-hybridized carbons (Fsp3) is 0.429. The molecule has 0 amide bonds. The Morgan fingerprint density at radius 2 is 1.75 bits per heavy atom. The van der Waals surface area contributed by atoms with Gasteiger partial charge in [0.05, 0.1) is 25.3 Å². The molecule has 0 spiro atoms. The van der Waals surface area contributed by atoms with E-state index in [1.165, 1.54) is 26.4 Å². The molecule has 20 heavy (non-hydrogen) atoms. The van der Waals surface area contributed by atoms with Crippen molar-refractivity contribution in [2.75, 3.05) is 27.9 Å². The maximum Gasteiger partial charge on any atom is 0.338 e. The average Bonchev–Trinajstić information content (AvgIpc) is 2.46. The highest BCUT2D eigenvalue weighted by atomic mass is 16.5. The highest BCUT2D eigenvalue weighted by molar-refractivity contribution is 5.97. The first kappa shape index (κ1) is 16.0. The highest BCUT2D eigenvalue weighted by Gasteiger charge is 2.19. The van der Waals surface area contributed by atoms with Gasteiger partial charge in [0.2, 0.25) is 0 Å². The van der Waals surface area contributed by atoms with Crippen LogP contribution in [0.2, 0.25) is 0 Å². The molecule has 0 aliphatic rings. The second-order valence-corrected chi connectivity index (χ2v) is 4.10. The molecule has 0 fully saturated rings. The number of esters is 2. The molecule has 0 saturated heterocycles. The monoisotopic (exact) mass is 282 g/mol. The van der Waals surface area contributed by atoms with Crippen molar-refractivity contribution in [3.63, 3.8) is 0 Å². The van der Waals surface area contributed by atoms with Crippen LogP contribution in [0.15, 0.2) is 12.1 Å². The second-order valence-electron chi connectivity index (χ2n) is 4.10. The topological polar surface area (TPSA) is 82.1 Å². The molecule has 0 atom stereocenters. The number of ether oxygens (including phenoxy) is 3. The van der Waals surface area contributed by atoms with Crippen molar-refractivity contribution in [3.8, 4) is 5.75 Å². The Morgan fingerprint density at radius 1 is 1.10 bits per heavy atom. The number of carbonyl (C=O) groups is 2. The number of aromatic hydroxyl groups is 1. The number of carbonyl (C=O) groups excluding carboxylic acids is 2. The number of phenols is 1. The van der Waals surface area contributed by atoms with Gasteiger partial charge in [0.15, 0.2) is 0 Å². The summed E-state index contributed by atoms with van der Waals surface area (Å²) in [6.07, 6.45) is 1.07. The SMILES string of the molecule is COCCCc1c(O)cc(C(=O)OC)cc1C(=O)OC. The minimum absolute atomic E-state index is 0.0980. The van der Waals surface area contributed by atoms with Crippen molar-refractivity contribution in [1.82, 2.24) is 0 Å². The molecule has 0 heterocycles. The van der Waals surface area contributed by atoms with Gasteiger partial charge in [-0.2, -0.15) is 0 Å². The number of phenolic OH excluding ortho intramolecular Hbond substituents is 1. The molecule has 1 aromatic carbocycles. The van der Waals surface area contributed by atoms with Gasteiger partial charge in [-0.25, -0.2) is 9.59 Å². The van der Waals surface area contributed by atoms with Crippen molar-refractivity contribution in [2.24, 2.45) is 0 Å². The molecule has 0 unspecified atom stereocenters. The molecule has 6 heteroatoms. The standard InChI is InChI=1S/C14H18O6/c1-18-6-4-5-10-11(14(17)20-3)7-9(8-12(10)15)13(16)19-2/h7-8,15H,4-6H2,1-3H3. The quantitative estimate of drug-likeness (QED) is 0.629. The van der Waals surface area contributed by atoms with Gasteiger partial charge in [-0.3, -0.25) is 0 Å². The zero-order valence-electron chi connectivity index (χ0n) is 11.8. The number of methoxy groups -OCH3 is 3. The third-order valence-corrected chi connectivity index (χ3v) is 2.83. The van der Waals surface area contributed by atoms with E-state index in [1.54, 1.807) is 7.11 Å². The molecular weight excluding hydrogens is 264 g/mol. The van der Waals surface area contributed by atoms with E-state index in [0.29, 0.717) is 25.0 Å². The van der Waals surface area contributed by atoms with Gasteiger partial charge in [0.25, 0.3) is 0 Å². The maximum absolute atomic E-state index is 11.8. The summed E-state index contributed by atoms with van der Waals surface area (Å²) >= 11 is 0. The lowest BCUT2D eigenvalue weighted by molar-refractivity contribution is 0.0597.